The largest absolute Gasteiger partial charge is 0.482 e. The zero-order chi connectivity index (χ0) is 34.6. The summed E-state index contributed by atoms with van der Waals surface area (Å²) >= 11 is 0. The number of carboxylic acid groups (broad SMARTS) is 4. The molecule has 248 valence electrons. The molecule has 0 radical (unpaired) electrons. The van der Waals surface area contributed by atoms with E-state index in [0.717, 1.165) is 5.56 Å². The zero-order valence-corrected chi connectivity index (χ0v) is 25.0. The summed E-state index contributed by atoms with van der Waals surface area (Å²) in [6.07, 6.45) is 0. The topological polar surface area (TPSA) is 212 Å². The Bertz CT molecular complexity index is 1640. The number of hydrogen-bond acceptors (Lipinski definition) is 10. The van der Waals surface area contributed by atoms with Crippen molar-refractivity contribution in [2.75, 3.05) is 26.4 Å². The minimum Gasteiger partial charge on any atom is -0.482 e. The van der Waals surface area contributed by atoms with Gasteiger partial charge >= 0.3 is 29.8 Å². The highest BCUT2D eigenvalue weighted by Crippen LogP contribution is 2.36. The fourth-order valence-electron chi connectivity index (χ4n) is 4.28. The summed E-state index contributed by atoms with van der Waals surface area (Å²) in [5.41, 5.74) is 2.16. The summed E-state index contributed by atoms with van der Waals surface area (Å²) in [5, 5.41) is 36.4. The fourth-order valence-corrected chi connectivity index (χ4v) is 4.28. The van der Waals surface area contributed by atoms with Gasteiger partial charge in [-0.05, 0) is 70.3 Å². The maximum Gasteiger partial charge on any atom is 0.341 e. The van der Waals surface area contributed by atoms with E-state index in [0.29, 0.717) is 22.3 Å². The molecule has 4 rings (SSSR count). The number of hydrogen-bond donors (Lipinski definition) is 4. The Hall–Kier alpha value is -6.57. The van der Waals surface area contributed by atoms with Gasteiger partial charge in [-0.15, -0.1) is 0 Å². The maximum atomic E-state index is 13.4. The quantitative estimate of drug-likeness (QED) is 0.117. The van der Waals surface area contributed by atoms with Crippen LogP contribution in [0.15, 0.2) is 84.9 Å². The van der Waals surface area contributed by atoms with Crippen LogP contribution in [0.2, 0.25) is 0 Å². The van der Waals surface area contributed by atoms with Crippen molar-refractivity contribution < 1.29 is 68.1 Å². The first-order valence-corrected chi connectivity index (χ1v) is 14.0. The van der Waals surface area contributed by atoms with Crippen molar-refractivity contribution in [3.8, 4) is 45.3 Å². The molecular formula is C34H28O14. The number of ether oxygens (including phenoxy) is 5. The van der Waals surface area contributed by atoms with Gasteiger partial charge in [0.1, 0.15) is 29.6 Å². The molecule has 0 aliphatic rings. The Morgan fingerprint density at radius 1 is 0.458 bits per heavy atom. The van der Waals surface area contributed by atoms with Crippen LogP contribution in [0.5, 0.6) is 23.0 Å². The molecule has 0 aromatic heterocycles. The van der Waals surface area contributed by atoms with Crippen LogP contribution in [0.4, 0.5) is 0 Å². The minimum absolute atomic E-state index is 0.0299. The molecule has 4 N–H and O–H groups in total. The van der Waals surface area contributed by atoms with E-state index in [1.54, 1.807) is 30.3 Å². The molecule has 0 aliphatic heterocycles. The first-order chi connectivity index (χ1) is 22.9. The molecule has 0 amide bonds. The molecule has 4 aromatic rings. The Morgan fingerprint density at radius 2 is 0.812 bits per heavy atom. The molecule has 14 heteroatoms. The highest BCUT2D eigenvalue weighted by Gasteiger charge is 2.17. The number of benzene rings is 4. The van der Waals surface area contributed by atoms with E-state index in [1.165, 1.54) is 48.5 Å². The third-order valence-electron chi connectivity index (χ3n) is 6.26. The van der Waals surface area contributed by atoms with Crippen LogP contribution < -0.4 is 18.9 Å². The van der Waals surface area contributed by atoms with Gasteiger partial charge < -0.3 is 44.1 Å². The lowest BCUT2D eigenvalue weighted by atomic mass is 9.95. The van der Waals surface area contributed by atoms with Crippen molar-refractivity contribution in [3.63, 3.8) is 0 Å². The van der Waals surface area contributed by atoms with E-state index in [2.05, 4.69) is 0 Å². The van der Waals surface area contributed by atoms with E-state index in [4.69, 9.17) is 44.1 Å². The number of aliphatic carboxylic acids is 4. The lowest BCUT2D eigenvalue weighted by Gasteiger charge is -2.15. The first kappa shape index (κ1) is 34.3. The van der Waals surface area contributed by atoms with Crippen LogP contribution in [0.25, 0.3) is 22.3 Å². The number of esters is 1. The summed E-state index contributed by atoms with van der Waals surface area (Å²) in [6, 6.07) is 22.0. The summed E-state index contributed by atoms with van der Waals surface area (Å²) in [5.74, 6) is -5.64. The monoisotopic (exact) mass is 660 g/mol. The lowest BCUT2D eigenvalue weighted by Crippen LogP contribution is -2.11. The van der Waals surface area contributed by atoms with Crippen molar-refractivity contribution in [1.82, 2.24) is 0 Å². The number of carbonyl (C=O) groups is 5. The molecule has 0 aliphatic carbocycles. The highest BCUT2D eigenvalue weighted by molar-refractivity contribution is 5.94. The third-order valence-corrected chi connectivity index (χ3v) is 6.26. The smallest absolute Gasteiger partial charge is 0.341 e. The van der Waals surface area contributed by atoms with E-state index in [-0.39, 0.29) is 35.2 Å². The predicted molar refractivity (Wildman–Crippen MR) is 165 cm³/mol. The van der Waals surface area contributed by atoms with Crippen LogP contribution in [-0.2, 0) is 30.5 Å². The molecular weight excluding hydrogens is 632 g/mol. The van der Waals surface area contributed by atoms with Crippen molar-refractivity contribution in [2.45, 2.75) is 6.61 Å². The standard InChI is InChI=1S/C34H28O14/c35-30(36)16-44-26-9-23(10-27(13-26)45-17-31(37)38)21-6-22(8-25(7-21)34(43)48-15-20-4-2-1-3-5-20)24-11-28(46-18-32(39)40)14-29(12-24)47-19-33(41)42/h1-14H,15-19H2,(H,35,36)(H,37,38)(H,39,40)(H,41,42). The SMILES string of the molecule is O=C(O)COc1cc(OCC(=O)O)cc(-c2cc(C(=O)OCc3ccccc3)cc(-c3cc(OCC(=O)O)cc(OCC(=O)O)c3)c2)c1. The Balaban J connectivity index is 1.84. The molecule has 0 saturated heterocycles. The Labute approximate surface area is 272 Å². The Morgan fingerprint density at radius 3 is 1.17 bits per heavy atom. The minimum atomic E-state index is -1.26. The molecule has 4 aromatic carbocycles. The summed E-state index contributed by atoms with van der Waals surface area (Å²) in [4.78, 5) is 58.0. The van der Waals surface area contributed by atoms with Crippen LogP contribution in [0.3, 0.4) is 0 Å². The van der Waals surface area contributed by atoms with Gasteiger partial charge in [0.05, 0.1) is 5.56 Å². The number of carboxylic acids is 4. The van der Waals surface area contributed by atoms with Crippen LogP contribution >= 0.6 is 0 Å². The molecule has 0 fully saturated rings. The zero-order valence-electron chi connectivity index (χ0n) is 25.0. The predicted octanol–water partition coefficient (Wildman–Crippen LogP) is 4.23. The average Bonchev–Trinajstić information content (AvgIpc) is 3.07. The second-order valence-corrected chi connectivity index (χ2v) is 9.98. The van der Waals surface area contributed by atoms with Crippen molar-refractivity contribution >= 4 is 29.8 Å². The second-order valence-electron chi connectivity index (χ2n) is 9.98. The third kappa shape index (κ3) is 10.5. The van der Waals surface area contributed by atoms with Gasteiger partial charge in [0.25, 0.3) is 0 Å². The molecule has 0 spiro atoms. The van der Waals surface area contributed by atoms with E-state index < -0.39 is 56.3 Å². The molecule has 0 atom stereocenters. The fraction of sp³-hybridized carbons (Fsp3) is 0.147. The van der Waals surface area contributed by atoms with Gasteiger partial charge in [0.2, 0.25) is 0 Å². The van der Waals surface area contributed by atoms with E-state index >= 15 is 0 Å². The summed E-state index contributed by atoms with van der Waals surface area (Å²) < 4.78 is 26.9. The van der Waals surface area contributed by atoms with Crippen molar-refractivity contribution in [3.05, 3.63) is 96.1 Å². The van der Waals surface area contributed by atoms with E-state index in [1.807, 2.05) is 6.07 Å². The molecule has 0 unspecified atom stereocenters. The maximum absolute atomic E-state index is 13.4. The number of rotatable bonds is 17. The summed E-state index contributed by atoms with van der Waals surface area (Å²) in [6.45, 7) is -2.87. The second kappa shape index (κ2) is 16.1. The Kier molecular flexibility index (Phi) is 11.5. The highest BCUT2D eigenvalue weighted by atomic mass is 16.5. The van der Waals surface area contributed by atoms with Crippen LogP contribution in [0.1, 0.15) is 15.9 Å². The normalized spacial score (nSPS) is 10.4. The van der Waals surface area contributed by atoms with Crippen molar-refractivity contribution in [2.24, 2.45) is 0 Å². The average molecular weight is 661 g/mol. The van der Waals surface area contributed by atoms with Gasteiger partial charge in [-0.25, -0.2) is 24.0 Å². The van der Waals surface area contributed by atoms with Crippen LogP contribution in [-0.4, -0.2) is 76.7 Å². The molecule has 0 saturated carbocycles. The summed E-state index contributed by atoms with van der Waals surface area (Å²) in [7, 11) is 0. The van der Waals surface area contributed by atoms with Gasteiger partial charge in [0, 0.05) is 12.1 Å². The van der Waals surface area contributed by atoms with E-state index in [9.17, 15) is 24.0 Å². The van der Waals surface area contributed by atoms with Gasteiger partial charge in [0.15, 0.2) is 26.4 Å². The molecule has 0 heterocycles. The molecule has 14 nitrogen and oxygen atoms in total. The molecule has 48 heavy (non-hydrogen) atoms. The van der Waals surface area contributed by atoms with Gasteiger partial charge in [-0.3, -0.25) is 0 Å². The lowest BCUT2D eigenvalue weighted by molar-refractivity contribution is -0.140. The molecule has 0 bridgehead atoms. The number of carbonyl (C=O) groups excluding carboxylic acids is 1. The first-order valence-electron chi connectivity index (χ1n) is 14.0. The van der Waals surface area contributed by atoms with Crippen LogP contribution in [0, 0.1) is 0 Å². The van der Waals surface area contributed by atoms with Gasteiger partial charge in [-0.1, -0.05) is 30.3 Å². The van der Waals surface area contributed by atoms with Crippen molar-refractivity contribution in [1.29, 1.82) is 0 Å². The van der Waals surface area contributed by atoms with Gasteiger partial charge in [-0.2, -0.15) is 0 Å².